The van der Waals surface area contributed by atoms with Crippen LogP contribution in [0.1, 0.15) is 28.6 Å². The van der Waals surface area contributed by atoms with Crippen LogP contribution >= 0.6 is 11.3 Å². The van der Waals surface area contributed by atoms with Crippen molar-refractivity contribution < 1.29 is 9.90 Å². The van der Waals surface area contributed by atoms with E-state index in [1.54, 1.807) is 6.92 Å². The van der Waals surface area contributed by atoms with Gasteiger partial charge < -0.3 is 10.0 Å². The largest absolute Gasteiger partial charge is 0.393 e. The molecular weight excluding hydrogens is 222 g/mol. The maximum absolute atomic E-state index is 12.2. The standard InChI is InChI=1S/C12H17NO2S/c1-8-4-6-16-11(8)12(15)13-5-3-10(7-13)9(2)14/h4,6,9-10,14H,3,5,7H2,1-2H3. The lowest BCUT2D eigenvalue weighted by Crippen LogP contribution is -2.30. The van der Waals surface area contributed by atoms with Crippen LogP contribution in [-0.4, -0.2) is 35.1 Å². The third-order valence-corrected chi connectivity index (χ3v) is 4.25. The maximum atomic E-state index is 12.2. The van der Waals surface area contributed by atoms with Gasteiger partial charge in [0.2, 0.25) is 0 Å². The normalized spacial score (nSPS) is 22.4. The van der Waals surface area contributed by atoms with E-state index < -0.39 is 0 Å². The number of carbonyl (C=O) groups excluding carboxylic acids is 1. The Morgan fingerprint density at radius 3 is 2.94 bits per heavy atom. The first kappa shape index (κ1) is 11.6. The van der Waals surface area contributed by atoms with Crippen LogP contribution in [0.15, 0.2) is 11.4 Å². The molecule has 0 saturated carbocycles. The van der Waals surface area contributed by atoms with Crippen molar-refractivity contribution in [1.29, 1.82) is 0 Å². The van der Waals surface area contributed by atoms with E-state index in [2.05, 4.69) is 0 Å². The number of thiophene rings is 1. The van der Waals surface area contributed by atoms with Crippen molar-refractivity contribution in [1.82, 2.24) is 4.90 Å². The van der Waals surface area contributed by atoms with Crippen molar-refractivity contribution >= 4 is 17.2 Å². The first-order chi connectivity index (χ1) is 7.59. The highest BCUT2D eigenvalue weighted by Crippen LogP contribution is 2.24. The fourth-order valence-corrected chi connectivity index (χ4v) is 2.99. The summed E-state index contributed by atoms with van der Waals surface area (Å²) in [5.41, 5.74) is 1.05. The van der Waals surface area contributed by atoms with Crippen LogP contribution in [0.4, 0.5) is 0 Å². The highest BCUT2D eigenvalue weighted by molar-refractivity contribution is 7.12. The van der Waals surface area contributed by atoms with E-state index in [-0.39, 0.29) is 17.9 Å². The van der Waals surface area contributed by atoms with Gasteiger partial charge in [0.25, 0.3) is 5.91 Å². The Kier molecular flexibility index (Phi) is 3.30. The molecular formula is C12H17NO2S. The summed E-state index contributed by atoms with van der Waals surface area (Å²) >= 11 is 1.50. The minimum Gasteiger partial charge on any atom is -0.393 e. The first-order valence-electron chi connectivity index (χ1n) is 5.61. The number of hydrogen-bond acceptors (Lipinski definition) is 3. The predicted molar refractivity (Wildman–Crippen MR) is 64.7 cm³/mol. The van der Waals surface area contributed by atoms with Gasteiger partial charge >= 0.3 is 0 Å². The lowest BCUT2D eigenvalue weighted by Gasteiger charge is -2.17. The fraction of sp³-hybridized carbons (Fsp3) is 0.583. The zero-order valence-electron chi connectivity index (χ0n) is 9.64. The van der Waals surface area contributed by atoms with Crippen molar-refractivity contribution in [3.05, 3.63) is 21.9 Å². The average Bonchev–Trinajstić information content (AvgIpc) is 2.84. The van der Waals surface area contributed by atoms with Crippen molar-refractivity contribution in [2.75, 3.05) is 13.1 Å². The van der Waals surface area contributed by atoms with Crippen LogP contribution in [0.5, 0.6) is 0 Å². The molecule has 0 radical (unpaired) electrons. The van der Waals surface area contributed by atoms with Gasteiger partial charge in [-0.25, -0.2) is 0 Å². The van der Waals surface area contributed by atoms with E-state index in [1.807, 2.05) is 23.3 Å². The SMILES string of the molecule is Cc1ccsc1C(=O)N1CCC(C(C)O)C1. The third-order valence-electron chi connectivity index (χ3n) is 3.25. The molecule has 16 heavy (non-hydrogen) atoms. The molecule has 1 N–H and O–H groups in total. The zero-order chi connectivity index (χ0) is 11.7. The molecule has 4 heteroatoms. The summed E-state index contributed by atoms with van der Waals surface area (Å²) in [4.78, 5) is 14.8. The molecule has 0 bridgehead atoms. The third kappa shape index (κ3) is 2.13. The lowest BCUT2D eigenvalue weighted by atomic mass is 10.0. The summed E-state index contributed by atoms with van der Waals surface area (Å²) in [6, 6.07) is 1.97. The van der Waals surface area contributed by atoms with Gasteiger partial charge in [0, 0.05) is 19.0 Å². The lowest BCUT2D eigenvalue weighted by molar-refractivity contribution is 0.0766. The van der Waals surface area contributed by atoms with Gasteiger partial charge in [0.05, 0.1) is 11.0 Å². The predicted octanol–water partition coefficient (Wildman–Crippen LogP) is 1.90. The van der Waals surface area contributed by atoms with Crippen molar-refractivity contribution in [3.8, 4) is 0 Å². The summed E-state index contributed by atoms with van der Waals surface area (Å²) in [5.74, 6) is 0.361. The van der Waals surface area contributed by atoms with Crippen LogP contribution in [-0.2, 0) is 0 Å². The molecule has 1 aliphatic heterocycles. The van der Waals surface area contributed by atoms with Gasteiger partial charge in [-0.1, -0.05) is 0 Å². The van der Waals surface area contributed by atoms with Crippen molar-refractivity contribution in [3.63, 3.8) is 0 Å². The molecule has 1 amide bonds. The van der Waals surface area contributed by atoms with Crippen LogP contribution in [0.25, 0.3) is 0 Å². The molecule has 0 aliphatic carbocycles. The summed E-state index contributed by atoms with van der Waals surface area (Å²) in [7, 11) is 0. The van der Waals surface area contributed by atoms with Gasteiger partial charge in [-0.2, -0.15) is 0 Å². The fourth-order valence-electron chi connectivity index (χ4n) is 2.10. The molecule has 2 rings (SSSR count). The summed E-state index contributed by atoms with van der Waals surface area (Å²) in [6.45, 7) is 5.22. The van der Waals surface area contributed by atoms with Gasteiger partial charge in [-0.05, 0) is 37.3 Å². The number of rotatable bonds is 2. The number of aliphatic hydroxyl groups is 1. The molecule has 3 nitrogen and oxygen atoms in total. The maximum Gasteiger partial charge on any atom is 0.264 e. The Bertz CT molecular complexity index is 386. The van der Waals surface area contributed by atoms with E-state index >= 15 is 0 Å². The van der Waals surface area contributed by atoms with Gasteiger partial charge in [-0.15, -0.1) is 11.3 Å². The molecule has 0 spiro atoms. The average molecular weight is 239 g/mol. The van der Waals surface area contributed by atoms with E-state index in [0.29, 0.717) is 6.54 Å². The summed E-state index contributed by atoms with van der Waals surface area (Å²) < 4.78 is 0. The minimum atomic E-state index is -0.317. The second kappa shape index (κ2) is 4.55. The number of likely N-dealkylation sites (tertiary alicyclic amines) is 1. The molecule has 1 aliphatic rings. The Labute approximate surface area is 99.7 Å². The quantitative estimate of drug-likeness (QED) is 0.856. The minimum absolute atomic E-state index is 0.121. The Hall–Kier alpha value is -0.870. The van der Waals surface area contributed by atoms with E-state index in [0.717, 1.165) is 23.4 Å². The van der Waals surface area contributed by atoms with E-state index in [1.165, 1.54) is 11.3 Å². The van der Waals surface area contributed by atoms with Gasteiger partial charge in [0.1, 0.15) is 0 Å². The van der Waals surface area contributed by atoms with Crippen molar-refractivity contribution in [2.24, 2.45) is 5.92 Å². The first-order valence-corrected chi connectivity index (χ1v) is 6.49. The molecule has 2 atom stereocenters. The Morgan fingerprint density at radius 2 is 2.44 bits per heavy atom. The van der Waals surface area contributed by atoms with E-state index in [4.69, 9.17) is 0 Å². The number of amides is 1. The van der Waals surface area contributed by atoms with E-state index in [9.17, 15) is 9.90 Å². The molecule has 1 fully saturated rings. The topological polar surface area (TPSA) is 40.5 Å². The van der Waals surface area contributed by atoms with Gasteiger partial charge in [-0.3, -0.25) is 4.79 Å². The number of carbonyl (C=O) groups is 1. The number of nitrogens with zero attached hydrogens (tertiary/aromatic N) is 1. The highest BCUT2D eigenvalue weighted by atomic mass is 32.1. The summed E-state index contributed by atoms with van der Waals surface area (Å²) in [5, 5.41) is 11.5. The smallest absolute Gasteiger partial charge is 0.264 e. The van der Waals surface area contributed by atoms with Crippen LogP contribution in [0.3, 0.4) is 0 Å². The summed E-state index contributed by atoms with van der Waals surface area (Å²) in [6.07, 6.45) is 0.593. The van der Waals surface area contributed by atoms with Crippen molar-refractivity contribution in [2.45, 2.75) is 26.4 Å². The van der Waals surface area contributed by atoms with Crippen LogP contribution in [0, 0.1) is 12.8 Å². The monoisotopic (exact) mass is 239 g/mol. The molecule has 1 aromatic heterocycles. The van der Waals surface area contributed by atoms with Gasteiger partial charge in [0.15, 0.2) is 0 Å². The Balaban J connectivity index is 2.05. The second-order valence-corrected chi connectivity index (χ2v) is 5.39. The molecule has 2 unspecified atom stereocenters. The molecule has 2 heterocycles. The number of aryl methyl sites for hydroxylation is 1. The van der Waals surface area contributed by atoms with Crippen LogP contribution < -0.4 is 0 Å². The molecule has 1 saturated heterocycles. The highest BCUT2D eigenvalue weighted by Gasteiger charge is 2.30. The Morgan fingerprint density at radius 1 is 1.69 bits per heavy atom. The molecule has 88 valence electrons. The number of aliphatic hydroxyl groups excluding tert-OH is 1. The zero-order valence-corrected chi connectivity index (χ0v) is 10.5. The van der Waals surface area contributed by atoms with Crippen LogP contribution in [0.2, 0.25) is 0 Å². The molecule has 1 aromatic rings. The number of hydrogen-bond donors (Lipinski definition) is 1. The molecule has 0 aromatic carbocycles. The second-order valence-electron chi connectivity index (χ2n) is 4.47.